The fourth-order valence-electron chi connectivity index (χ4n) is 2.12. The minimum atomic E-state index is -0.794. The van der Waals surface area contributed by atoms with Crippen LogP contribution in [0.4, 0.5) is 0 Å². The van der Waals surface area contributed by atoms with Gasteiger partial charge in [-0.15, -0.1) is 0 Å². The van der Waals surface area contributed by atoms with E-state index in [2.05, 4.69) is 0 Å². The number of hydrogen-bond acceptors (Lipinski definition) is 5. The average molecular weight is 202 g/mol. The Morgan fingerprint density at radius 3 is 2.36 bits per heavy atom. The molecule has 5 nitrogen and oxygen atoms in total. The van der Waals surface area contributed by atoms with E-state index in [-0.39, 0.29) is 24.4 Å². The van der Waals surface area contributed by atoms with Crippen LogP contribution in [-0.2, 0) is 18.9 Å². The van der Waals surface area contributed by atoms with Gasteiger partial charge >= 0.3 is 0 Å². The number of aliphatic hydroxyl groups is 1. The number of rotatable bonds is 1. The second-order valence-corrected chi connectivity index (χ2v) is 4.42. The fourth-order valence-corrected chi connectivity index (χ4v) is 2.12. The largest absolute Gasteiger partial charge is 0.366 e. The molecule has 0 aromatic heterocycles. The predicted molar refractivity (Wildman–Crippen MR) is 44.4 cm³/mol. The van der Waals surface area contributed by atoms with Gasteiger partial charge in [-0.1, -0.05) is 0 Å². The second-order valence-electron chi connectivity index (χ2n) is 4.42. The Morgan fingerprint density at radius 2 is 1.93 bits per heavy atom. The zero-order valence-corrected chi connectivity index (χ0v) is 8.17. The lowest BCUT2D eigenvalue weighted by atomic mass is 10.1. The average Bonchev–Trinajstić information content (AvgIpc) is 2.72. The molecule has 3 saturated heterocycles. The maximum absolute atomic E-state index is 9.36. The van der Waals surface area contributed by atoms with Gasteiger partial charge in [0, 0.05) is 0 Å². The summed E-state index contributed by atoms with van der Waals surface area (Å²) in [7, 11) is 0. The van der Waals surface area contributed by atoms with Gasteiger partial charge in [-0.3, -0.25) is 0 Å². The van der Waals surface area contributed by atoms with E-state index >= 15 is 0 Å². The van der Waals surface area contributed by atoms with E-state index in [1.54, 1.807) is 0 Å². The minimum Gasteiger partial charge on any atom is -0.366 e. The van der Waals surface area contributed by atoms with Gasteiger partial charge < -0.3 is 24.1 Å². The van der Waals surface area contributed by atoms with E-state index in [1.165, 1.54) is 0 Å². The predicted octanol–water partition coefficient (Wildman–Crippen LogP) is -0.378. The summed E-state index contributed by atoms with van der Waals surface area (Å²) in [4.78, 5) is 0. The van der Waals surface area contributed by atoms with Crippen molar-refractivity contribution in [3.05, 3.63) is 0 Å². The number of fused-ring (bicyclic) bond motifs is 1. The van der Waals surface area contributed by atoms with Crippen molar-refractivity contribution < 1.29 is 24.1 Å². The first kappa shape index (κ1) is 9.06. The van der Waals surface area contributed by atoms with Gasteiger partial charge in [0.05, 0.1) is 6.61 Å². The van der Waals surface area contributed by atoms with Crippen LogP contribution in [0.2, 0.25) is 0 Å². The molecular weight excluding hydrogens is 188 g/mol. The van der Waals surface area contributed by atoms with E-state index in [9.17, 15) is 5.11 Å². The summed E-state index contributed by atoms with van der Waals surface area (Å²) in [5.74, 6) is -0.550. The molecule has 0 bridgehead atoms. The first-order valence-electron chi connectivity index (χ1n) is 4.88. The molecule has 1 N–H and O–H groups in total. The Hall–Kier alpha value is -0.200. The third-order valence-electron chi connectivity index (χ3n) is 2.86. The summed E-state index contributed by atoms with van der Waals surface area (Å²) in [6.07, 6.45) is -1.26. The van der Waals surface area contributed by atoms with Gasteiger partial charge in [-0.05, 0) is 13.8 Å². The molecule has 0 aliphatic carbocycles. The molecule has 0 aromatic rings. The topological polar surface area (TPSA) is 60.5 Å². The molecule has 80 valence electrons. The second kappa shape index (κ2) is 2.68. The Balaban J connectivity index is 1.67. The summed E-state index contributed by atoms with van der Waals surface area (Å²) in [5.41, 5.74) is 0. The van der Waals surface area contributed by atoms with Gasteiger partial charge in [0.15, 0.2) is 12.1 Å². The molecule has 0 unspecified atom stereocenters. The van der Waals surface area contributed by atoms with Crippen molar-refractivity contribution >= 4 is 0 Å². The highest BCUT2D eigenvalue weighted by Gasteiger charge is 2.61. The Morgan fingerprint density at radius 1 is 1.14 bits per heavy atom. The normalized spacial score (nSPS) is 54.6. The van der Waals surface area contributed by atoms with E-state index in [4.69, 9.17) is 18.9 Å². The molecule has 14 heavy (non-hydrogen) atoms. The molecule has 3 aliphatic heterocycles. The lowest BCUT2D eigenvalue weighted by molar-refractivity contribution is -0.191. The maximum atomic E-state index is 9.36. The van der Waals surface area contributed by atoms with Crippen molar-refractivity contribution in [3.63, 3.8) is 0 Å². The van der Waals surface area contributed by atoms with E-state index in [0.29, 0.717) is 6.61 Å². The highest BCUT2D eigenvalue weighted by molar-refractivity contribution is 5.03. The zero-order chi connectivity index (χ0) is 9.92. The quantitative estimate of drug-likeness (QED) is 0.587. The van der Waals surface area contributed by atoms with Crippen LogP contribution in [-0.4, -0.2) is 48.2 Å². The van der Waals surface area contributed by atoms with Gasteiger partial charge in [-0.25, -0.2) is 0 Å². The number of ether oxygens (including phenoxy) is 4. The van der Waals surface area contributed by atoms with Crippen molar-refractivity contribution in [1.82, 2.24) is 0 Å². The Bertz CT molecular complexity index is 254. The SMILES string of the molecule is CC1(C)OC[C@H]([C@H]2O[C@@H](O)[C@H]3O[C@H]32)O1. The van der Waals surface area contributed by atoms with Crippen molar-refractivity contribution in [2.75, 3.05) is 6.61 Å². The van der Waals surface area contributed by atoms with Crippen molar-refractivity contribution in [2.45, 2.75) is 50.3 Å². The van der Waals surface area contributed by atoms with Gasteiger partial charge in [0.25, 0.3) is 0 Å². The summed E-state index contributed by atoms with van der Waals surface area (Å²) in [5, 5.41) is 9.36. The highest BCUT2D eigenvalue weighted by atomic mass is 16.8. The Kier molecular flexibility index (Phi) is 1.73. The monoisotopic (exact) mass is 202 g/mol. The smallest absolute Gasteiger partial charge is 0.184 e. The number of aliphatic hydroxyl groups excluding tert-OH is 1. The van der Waals surface area contributed by atoms with Crippen LogP contribution in [0.15, 0.2) is 0 Å². The molecule has 3 aliphatic rings. The van der Waals surface area contributed by atoms with Crippen molar-refractivity contribution in [3.8, 4) is 0 Å². The molecule has 0 radical (unpaired) electrons. The van der Waals surface area contributed by atoms with Crippen molar-refractivity contribution in [2.24, 2.45) is 0 Å². The van der Waals surface area contributed by atoms with Crippen LogP contribution in [0.3, 0.4) is 0 Å². The maximum Gasteiger partial charge on any atom is 0.184 e. The third-order valence-corrected chi connectivity index (χ3v) is 2.86. The molecular formula is C9H14O5. The van der Waals surface area contributed by atoms with E-state index in [0.717, 1.165) is 0 Å². The van der Waals surface area contributed by atoms with Crippen LogP contribution in [0, 0.1) is 0 Å². The molecule has 0 saturated carbocycles. The van der Waals surface area contributed by atoms with Gasteiger partial charge in [-0.2, -0.15) is 0 Å². The van der Waals surface area contributed by atoms with Crippen molar-refractivity contribution in [1.29, 1.82) is 0 Å². The third kappa shape index (κ3) is 1.28. The molecule has 3 rings (SSSR count). The van der Waals surface area contributed by atoms with Gasteiger partial charge in [0.1, 0.15) is 24.4 Å². The lowest BCUT2D eigenvalue weighted by Crippen LogP contribution is -2.35. The van der Waals surface area contributed by atoms with E-state index < -0.39 is 12.1 Å². The van der Waals surface area contributed by atoms with Crippen LogP contribution in [0.1, 0.15) is 13.8 Å². The molecule has 3 heterocycles. The molecule has 0 aromatic carbocycles. The summed E-state index contributed by atoms with van der Waals surface area (Å²) >= 11 is 0. The molecule has 0 spiro atoms. The van der Waals surface area contributed by atoms with Gasteiger partial charge in [0.2, 0.25) is 0 Å². The first-order valence-corrected chi connectivity index (χ1v) is 4.88. The molecule has 0 amide bonds. The number of hydrogen-bond donors (Lipinski definition) is 1. The highest BCUT2D eigenvalue weighted by Crippen LogP contribution is 2.42. The molecule has 5 atom stereocenters. The zero-order valence-electron chi connectivity index (χ0n) is 8.17. The van der Waals surface area contributed by atoms with Crippen LogP contribution >= 0.6 is 0 Å². The summed E-state index contributed by atoms with van der Waals surface area (Å²) in [6.45, 7) is 4.23. The molecule has 5 heteroatoms. The first-order chi connectivity index (χ1) is 6.57. The molecule has 3 fully saturated rings. The van der Waals surface area contributed by atoms with E-state index in [1.807, 2.05) is 13.8 Å². The van der Waals surface area contributed by atoms with Crippen LogP contribution < -0.4 is 0 Å². The lowest BCUT2D eigenvalue weighted by Gasteiger charge is -2.21. The number of epoxide rings is 1. The minimum absolute atomic E-state index is 0.00694. The summed E-state index contributed by atoms with van der Waals surface area (Å²) < 4.78 is 21.6. The van der Waals surface area contributed by atoms with Crippen LogP contribution in [0.25, 0.3) is 0 Å². The summed E-state index contributed by atoms with van der Waals surface area (Å²) in [6, 6.07) is 0. The fraction of sp³-hybridized carbons (Fsp3) is 1.00. The standard InChI is InChI=1S/C9H14O5/c1-9(2)11-3-4(14-9)5-6-7(12-6)8(10)13-5/h4-8,10H,3H2,1-2H3/t4-,5-,6+,7+,8-/m1/s1. The van der Waals surface area contributed by atoms with Crippen LogP contribution in [0.5, 0.6) is 0 Å². The Labute approximate surface area is 81.9 Å².